The summed E-state index contributed by atoms with van der Waals surface area (Å²) in [5.41, 5.74) is 0. The Hall–Kier alpha value is -1.94. The topological polar surface area (TPSA) is 237 Å². The van der Waals surface area contributed by atoms with Crippen LogP contribution in [0.15, 0.2) is 0 Å². The summed E-state index contributed by atoms with van der Waals surface area (Å²) in [4.78, 5) is 73.0. The summed E-state index contributed by atoms with van der Waals surface area (Å²) in [7, 11) is -9.92. The molecule has 0 aliphatic rings. The Balaban J connectivity index is 5.27. The van der Waals surface area contributed by atoms with Crippen LogP contribution in [-0.4, -0.2) is 96.7 Å². The fraction of sp³-hybridized carbons (Fsp3) is 0.950. The van der Waals surface area contributed by atoms with Crippen molar-refractivity contribution in [1.29, 1.82) is 0 Å². The summed E-state index contributed by atoms with van der Waals surface area (Å²) in [6.07, 6.45) is 58.1. The summed E-state index contributed by atoms with van der Waals surface area (Å²) in [6, 6.07) is 0. The average molecular weight is 1450 g/mol. The van der Waals surface area contributed by atoms with E-state index in [1.54, 1.807) is 0 Å². The largest absolute Gasteiger partial charge is 0.472 e. The zero-order chi connectivity index (χ0) is 73.0. The molecule has 0 heterocycles. The van der Waals surface area contributed by atoms with Crippen molar-refractivity contribution in [2.24, 2.45) is 17.8 Å². The Bertz CT molecular complexity index is 1920. The second-order valence-corrected chi connectivity index (χ2v) is 33.1. The van der Waals surface area contributed by atoms with Gasteiger partial charge in [-0.05, 0) is 43.4 Å². The zero-order valence-corrected chi connectivity index (χ0v) is 66.8. The number of hydrogen-bond donors (Lipinski definition) is 3. The standard InChI is InChI=1S/C80H156O17P2/c1-8-9-10-11-12-13-14-15-19-26-35-42-49-56-63-79(84)97-76(68-91-78(83)62-55-48-41-34-29-28-32-39-46-53-60-73(6)7)70-95-99(88,89)93-66-74(81)65-92-98(86,87)94-69-75(67-90-77(82)61-54-47-40-33-25-22-21-24-31-38-45-52-59-72(4)5)96-80(85)64-57-50-43-36-27-20-17-16-18-23-30-37-44-51-58-71(2)3/h71-76,81H,8-70H2,1-7H3,(H,86,87)(H,88,89)/t74-,75-,76-/m1/s1. The molecule has 0 fully saturated rings. The van der Waals surface area contributed by atoms with Crippen molar-refractivity contribution in [3.05, 3.63) is 0 Å². The lowest BCUT2D eigenvalue weighted by atomic mass is 10.0. The van der Waals surface area contributed by atoms with E-state index in [-0.39, 0.29) is 25.7 Å². The van der Waals surface area contributed by atoms with E-state index in [0.29, 0.717) is 25.7 Å². The molecule has 0 amide bonds. The predicted octanol–water partition coefficient (Wildman–Crippen LogP) is 23.7. The molecule has 0 bridgehead atoms. The van der Waals surface area contributed by atoms with Gasteiger partial charge in [-0.1, -0.05) is 363 Å². The maximum absolute atomic E-state index is 13.1. The van der Waals surface area contributed by atoms with Crippen molar-refractivity contribution in [1.82, 2.24) is 0 Å². The number of carbonyl (C=O) groups excluding carboxylic acids is 4. The minimum atomic E-state index is -4.96. The summed E-state index contributed by atoms with van der Waals surface area (Å²) >= 11 is 0. The van der Waals surface area contributed by atoms with Gasteiger partial charge in [0.2, 0.25) is 0 Å². The van der Waals surface area contributed by atoms with E-state index in [4.69, 9.17) is 37.0 Å². The summed E-state index contributed by atoms with van der Waals surface area (Å²) in [5.74, 6) is 0.226. The lowest BCUT2D eigenvalue weighted by Crippen LogP contribution is -2.30. The Labute approximate surface area is 607 Å². The quantitative estimate of drug-likeness (QED) is 0.0222. The van der Waals surface area contributed by atoms with Crippen molar-refractivity contribution in [3.8, 4) is 0 Å². The molecule has 19 heteroatoms. The minimum Gasteiger partial charge on any atom is -0.462 e. The van der Waals surface area contributed by atoms with Crippen molar-refractivity contribution < 1.29 is 80.2 Å². The molecular formula is C80H156O17P2. The second-order valence-electron chi connectivity index (χ2n) is 30.2. The lowest BCUT2D eigenvalue weighted by molar-refractivity contribution is -0.161. The number of rotatable bonds is 78. The molecule has 5 atom stereocenters. The van der Waals surface area contributed by atoms with E-state index < -0.39 is 97.5 Å². The third-order valence-electron chi connectivity index (χ3n) is 18.6. The third-order valence-corrected chi connectivity index (χ3v) is 20.5. The highest BCUT2D eigenvalue weighted by molar-refractivity contribution is 7.47. The first-order chi connectivity index (χ1) is 47.7. The number of esters is 4. The molecule has 0 radical (unpaired) electrons. The fourth-order valence-electron chi connectivity index (χ4n) is 12.3. The Morgan fingerprint density at radius 1 is 0.273 bits per heavy atom. The van der Waals surface area contributed by atoms with Crippen LogP contribution in [0, 0.1) is 17.8 Å². The average Bonchev–Trinajstić information content (AvgIpc) is 1.10. The number of hydrogen-bond acceptors (Lipinski definition) is 15. The van der Waals surface area contributed by atoms with E-state index >= 15 is 0 Å². The molecular weight excluding hydrogens is 1290 g/mol. The minimum absolute atomic E-state index is 0.107. The zero-order valence-electron chi connectivity index (χ0n) is 65.0. The van der Waals surface area contributed by atoms with Crippen LogP contribution in [0.3, 0.4) is 0 Å². The molecule has 0 spiro atoms. The molecule has 99 heavy (non-hydrogen) atoms. The Morgan fingerprint density at radius 3 is 0.687 bits per heavy atom. The second kappa shape index (κ2) is 70.4. The van der Waals surface area contributed by atoms with E-state index in [2.05, 4.69) is 48.5 Å². The van der Waals surface area contributed by atoms with Crippen LogP contribution in [0.1, 0.15) is 414 Å². The van der Waals surface area contributed by atoms with Crippen LogP contribution >= 0.6 is 15.6 Å². The maximum Gasteiger partial charge on any atom is 0.472 e. The van der Waals surface area contributed by atoms with Gasteiger partial charge >= 0.3 is 39.5 Å². The van der Waals surface area contributed by atoms with Crippen molar-refractivity contribution in [3.63, 3.8) is 0 Å². The van der Waals surface area contributed by atoms with Crippen LogP contribution in [0.5, 0.6) is 0 Å². The first kappa shape index (κ1) is 97.1. The molecule has 0 saturated carbocycles. The Kier molecular flexibility index (Phi) is 69.0. The van der Waals surface area contributed by atoms with E-state index in [9.17, 15) is 43.2 Å². The third kappa shape index (κ3) is 74.1. The van der Waals surface area contributed by atoms with E-state index in [1.165, 1.54) is 225 Å². The van der Waals surface area contributed by atoms with Crippen molar-refractivity contribution in [2.75, 3.05) is 39.6 Å². The molecule has 0 aromatic carbocycles. The van der Waals surface area contributed by atoms with Gasteiger partial charge in [0.25, 0.3) is 0 Å². The van der Waals surface area contributed by atoms with Crippen LogP contribution in [0.25, 0.3) is 0 Å². The van der Waals surface area contributed by atoms with Gasteiger partial charge in [0.15, 0.2) is 12.2 Å². The normalized spacial score (nSPS) is 14.0. The maximum atomic E-state index is 13.1. The highest BCUT2D eigenvalue weighted by atomic mass is 31.2. The first-order valence-corrected chi connectivity index (χ1v) is 44.3. The van der Waals surface area contributed by atoms with Gasteiger partial charge in [-0.2, -0.15) is 0 Å². The number of carbonyl (C=O) groups is 4. The SMILES string of the molecule is CCCCCCCCCCCCCCCCC(=O)O[C@H](COC(=O)CCCCCCCCCCCCC(C)C)COP(=O)(O)OC[C@H](O)COP(=O)(O)OC[C@@H](COC(=O)CCCCCCCCCCCCCCC(C)C)OC(=O)CCCCCCCCCCCCCCCCC(C)C. The highest BCUT2D eigenvalue weighted by Crippen LogP contribution is 2.45. The van der Waals surface area contributed by atoms with Gasteiger partial charge in [-0.3, -0.25) is 37.3 Å². The molecule has 2 unspecified atom stereocenters. The fourth-order valence-corrected chi connectivity index (χ4v) is 13.9. The summed E-state index contributed by atoms with van der Waals surface area (Å²) < 4.78 is 68.7. The van der Waals surface area contributed by atoms with E-state index in [0.717, 1.165) is 108 Å². The molecule has 0 aliphatic carbocycles. The molecule has 0 rings (SSSR count). The number of phosphoric acid groups is 2. The van der Waals surface area contributed by atoms with E-state index in [1.807, 2.05) is 0 Å². The van der Waals surface area contributed by atoms with Gasteiger partial charge in [0.05, 0.1) is 26.4 Å². The molecule has 0 aromatic heterocycles. The molecule has 0 aliphatic heterocycles. The number of phosphoric ester groups is 2. The summed E-state index contributed by atoms with van der Waals surface area (Å²) in [6.45, 7) is 12.0. The van der Waals surface area contributed by atoms with Gasteiger partial charge in [-0.25, -0.2) is 9.13 Å². The van der Waals surface area contributed by atoms with Crippen LogP contribution in [0.2, 0.25) is 0 Å². The van der Waals surface area contributed by atoms with Gasteiger partial charge in [0.1, 0.15) is 19.3 Å². The molecule has 588 valence electrons. The highest BCUT2D eigenvalue weighted by Gasteiger charge is 2.30. The molecule has 0 aromatic rings. The van der Waals surface area contributed by atoms with Crippen LogP contribution in [0.4, 0.5) is 0 Å². The number of aliphatic hydroxyl groups is 1. The van der Waals surface area contributed by atoms with Gasteiger partial charge < -0.3 is 33.8 Å². The lowest BCUT2D eigenvalue weighted by Gasteiger charge is -2.21. The van der Waals surface area contributed by atoms with Gasteiger partial charge in [-0.15, -0.1) is 0 Å². The summed E-state index contributed by atoms with van der Waals surface area (Å²) in [5, 5.41) is 10.6. The van der Waals surface area contributed by atoms with Crippen LogP contribution < -0.4 is 0 Å². The smallest absolute Gasteiger partial charge is 0.462 e. The van der Waals surface area contributed by atoms with Crippen LogP contribution in [-0.2, 0) is 65.4 Å². The first-order valence-electron chi connectivity index (χ1n) is 41.3. The van der Waals surface area contributed by atoms with Crippen molar-refractivity contribution in [2.45, 2.75) is 433 Å². The van der Waals surface area contributed by atoms with Gasteiger partial charge in [0, 0.05) is 25.7 Å². The van der Waals surface area contributed by atoms with Crippen molar-refractivity contribution >= 4 is 39.5 Å². The predicted molar refractivity (Wildman–Crippen MR) is 405 cm³/mol. The molecule has 17 nitrogen and oxygen atoms in total. The number of aliphatic hydroxyl groups excluding tert-OH is 1. The molecule has 0 saturated heterocycles. The Morgan fingerprint density at radius 2 is 0.465 bits per heavy atom. The number of ether oxygens (including phenoxy) is 4. The molecule has 3 N–H and O–H groups in total. The number of unbranched alkanes of at least 4 members (excludes halogenated alkanes) is 46. The monoisotopic (exact) mass is 1450 g/mol.